The molecule has 1 atom stereocenters. The lowest BCUT2D eigenvalue weighted by molar-refractivity contribution is 0.516. The molecule has 0 saturated heterocycles. The van der Waals surface area contributed by atoms with E-state index in [9.17, 15) is 8.42 Å². The van der Waals surface area contributed by atoms with E-state index in [1.54, 1.807) is 27.8 Å². The number of hydrogen-bond donors (Lipinski definition) is 3. The molecular formula is C6H17N3O2S. The Balaban J connectivity index is 4.05. The van der Waals surface area contributed by atoms with Gasteiger partial charge in [-0.05, 0) is 27.8 Å². The fourth-order valence-corrected chi connectivity index (χ4v) is 1.91. The topological polar surface area (TPSA) is 70.2 Å². The van der Waals surface area contributed by atoms with Crippen LogP contribution in [0.4, 0.5) is 0 Å². The van der Waals surface area contributed by atoms with Crippen LogP contribution in [-0.2, 0) is 10.2 Å². The predicted octanol–water partition coefficient (Wildman–Crippen LogP) is -0.616. The fraction of sp³-hybridized carbons (Fsp3) is 1.00. The summed E-state index contributed by atoms with van der Waals surface area (Å²) in [7, 11) is -1.67. The van der Waals surface area contributed by atoms with Gasteiger partial charge in [0.25, 0.3) is 10.2 Å². The fourth-order valence-electron chi connectivity index (χ4n) is 0.636. The Morgan fingerprint density at radius 2 is 1.58 bits per heavy atom. The molecule has 0 aromatic heterocycles. The standard InChI is InChI=1S/C6H17N3O2S/c1-5(2)8-12(10,11)9-6(3)7-4/h5-9H,1-4H3. The molecule has 0 amide bonds. The van der Waals surface area contributed by atoms with Crippen molar-refractivity contribution in [3.8, 4) is 0 Å². The van der Waals surface area contributed by atoms with Crippen LogP contribution in [0.1, 0.15) is 20.8 Å². The molecule has 0 aromatic rings. The van der Waals surface area contributed by atoms with Crippen LogP contribution in [0.5, 0.6) is 0 Å². The highest BCUT2D eigenvalue weighted by atomic mass is 32.2. The van der Waals surface area contributed by atoms with Crippen molar-refractivity contribution >= 4 is 10.2 Å². The molecule has 6 heteroatoms. The van der Waals surface area contributed by atoms with E-state index in [2.05, 4.69) is 14.8 Å². The van der Waals surface area contributed by atoms with E-state index in [1.807, 2.05) is 0 Å². The van der Waals surface area contributed by atoms with Crippen LogP contribution in [0.3, 0.4) is 0 Å². The smallest absolute Gasteiger partial charge is 0.278 e. The monoisotopic (exact) mass is 195 g/mol. The molecule has 12 heavy (non-hydrogen) atoms. The lowest BCUT2D eigenvalue weighted by Crippen LogP contribution is -2.48. The lowest BCUT2D eigenvalue weighted by atomic mass is 10.4. The Morgan fingerprint density at radius 3 is 1.92 bits per heavy atom. The first kappa shape index (κ1) is 11.8. The summed E-state index contributed by atoms with van der Waals surface area (Å²) in [4.78, 5) is 0. The summed E-state index contributed by atoms with van der Waals surface area (Å²) in [5.41, 5.74) is 0. The highest BCUT2D eigenvalue weighted by Crippen LogP contribution is 1.85. The average Bonchev–Trinajstić information content (AvgIpc) is 1.83. The largest absolute Gasteiger partial charge is 0.304 e. The van der Waals surface area contributed by atoms with Gasteiger partial charge in [-0.25, -0.2) is 0 Å². The summed E-state index contributed by atoms with van der Waals surface area (Å²) in [5.74, 6) is 0. The molecule has 3 N–H and O–H groups in total. The molecule has 0 radical (unpaired) electrons. The maximum Gasteiger partial charge on any atom is 0.278 e. The summed E-state index contributed by atoms with van der Waals surface area (Å²) in [6.07, 6.45) is -0.263. The van der Waals surface area contributed by atoms with Crippen LogP contribution in [-0.4, -0.2) is 27.7 Å². The van der Waals surface area contributed by atoms with Gasteiger partial charge in [-0.1, -0.05) is 0 Å². The predicted molar refractivity (Wildman–Crippen MR) is 48.8 cm³/mol. The maximum atomic E-state index is 11.1. The Labute approximate surface area is 74.1 Å². The van der Waals surface area contributed by atoms with Crippen molar-refractivity contribution in [2.45, 2.75) is 33.0 Å². The lowest BCUT2D eigenvalue weighted by Gasteiger charge is -2.15. The van der Waals surface area contributed by atoms with Gasteiger partial charge < -0.3 is 5.32 Å². The van der Waals surface area contributed by atoms with Gasteiger partial charge in [-0.15, -0.1) is 0 Å². The minimum atomic E-state index is -3.35. The number of rotatable bonds is 5. The molecular weight excluding hydrogens is 178 g/mol. The van der Waals surface area contributed by atoms with Crippen molar-refractivity contribution in [3.05, 3.63) is 0 Å². The average molecular weight is 195 g/mol. The highest BCUT2D eigenvalue weighted by Gasteiger charge is 2.12. The molecule has 0 aliphatic heterocycles. The second-order valence-electron chi connectivity index (χ2n) is 2.90. The summed E-state index contributed by atoms with van der Waals surface area (Å²) in [5, 5.41) is 2.76. The van der Waals surface area contributed by atoms with Crippen molar-refractivity contribution in [2.75, 3.05) is 7.05 Å². The van der Waals surface area contributed by atoms with E-state index in [-0.39, 0.29) is 12.2 Å². The first-order valence-corrected chi connectivity index (χ1v) is 5.32. The SMILES string of the molecule is CNC(C)NS(=O)(=O)NC(C)C. The number of nitrogens with one attached hydrogen (secondary N) is 3. The zero-order valence-corrected chi connectivity index (χ0v) is 8.70. The Morgan fingerprint density at radius 1 is 1.08 bits per heavy atom. The third kappa shape index (κ3) is 5.48. The molecule has 0 bridgehead atoms. The Hall–Kier alpha value is -0.170. The molecule has 1 unspecified atom stereocenters. The molecule has 0 aliphatic carbocycles. The van der Waals surface area contributed by atoms with Crippen LogP contribution in [0.15, 0.2) is 0 Å². The van der Waals surface area contributed by atoms with Crippen LogP contribution in [0.2, 0.25) is 0 Å². The molecule has 0 aromatic carbocycles. The molecule has 74 valence electrons. The molecule has 0 aliphatic rings. The highest BCUT2D eigenvalue weighted by molar-refractivity contribution is 7.87. The minimum Gasteiger partial charge on any atom is -0.304 e. The second-order valence-corrected chi connectivity index (χ2v) is 4.38. The van der Waals surface area contributed by atoms with Crippen molar-refractivity contribution < 1.29 is 8.42 Å². The molecule has 5 nitrogen and oxygen atoms in total. The summed E-state index contributed by atoms with van der Waals surface area (Å²) in [6.45, 7) is 5.26. The van der Waals surface area contributed by atoms with Gasteiger partial charge in [0.15, 0.2) is 0 Å². The van der Waals surface area contributed by atoms with E-state index in [0.717, 1.165) is 0 Å². The van der Waals surface area contributed by atoms with E-state index < -0.39 is 10.2 Å². The van der Waals surface area contributed by atoms with Crippen LogP contribution < -0.4 is 14.8 Å². The molecule has 0 saturated carbocycles. The van der Waals surface area contributed by atoms with E-state index >= 15 is 0 Å². The van der Waals surface area contributed by atoms with Crippen LogP contribution >= 0.6 is 0 Å². The quantitative estimate of drug-likeness (QED) is 0.512. The zero-order chi connectivity index (χ0) is 9.78. The first-order valence-electron chi connectivity index (χ1n) is 3.84. The zero-order valence-electron chi connectivity index (χ0n) is 7.88. The van der Waals surface area contributed by atoms with Gasteiger partial charge in [0.1, 0.15) is 0 Å². The third-order valence-corrected chi connectivity index (χ3v) is 2.60. The molecule has 0 fully saturated rings. The van der Waals surface area contributed by atoms with Crippen molar-refractivity contribution in [1.82, 2.24) is 14.8 Å². The van der Waals surface area contributed by atoms with Gasteiger partial charge in [-0.3, -0.25) is 0 Å². The normalized spacial score (nSPS) is 15.1. The van der Waals surface area contributed by atoms with Gasteiger partial charge in [-0.2, -0.15) is 17.9 Å². The molecule has 0 heterocycles. The van der Waals surface area contributed by atoms with Crippen LogP contribution in [0.25, 0.3) is 0 Å². The van der Waals surface area contributed by atoms with Crippen LogP contribution in [0, 0.1) is 0 Å². The third-order valence-electron chi connectivity index (χ3n) is 1.16. The van der Waals surface area contributed by atoms with E-state index in [0.29, 0.717) is 0 Å². The van der Waals surface area contributed by atoms with Gasteiger partial charge in [0.05, 0.1) is 6.17 Å². The Bertz CT molecular complexity index is 213. The van der Waals surface area contributed by atoms with Crippen molar-refractivity contribution in [1.29, 1.82) is 0 Å². The van der Waals surface area contributed by atoms with Gasteiger partial charge in [0, 0.05) is 6.04 Å². The van der Waals surface area contributed by atoms with E-state index in [4.69, 9.17) is 0 Å². The Kier molecular flexibility index (Phi) is 4.69. The van der Waals surface area contributed by atoms with E-state index in [1.165, 1.54) is 0 Å². The second kappa shape index (κ2) is 4.76. The summed E-state index contributed by atoms with van der Waals surface area (Å²) < 4.78 is 27.1. The van der Waals surface area contributed by atoms with Gasteiger partial charge in [0.2, 0.25) is 0 Å². The number of hydrogen-bond acceptors (Lipinski definition) is 3. The van der Waals surface area contributed by atoms with Crippen molar-refractivity contribution in [3.63, 3.8) is 0 Å². The van der Waals surface area contributed by atoms with Crippen molar-refractivity contribution in [2.24, 2.45) is 0 Å². The summed E-state index contributed by atoms with van der Waals surface area (Å²) in [6, 6.07) is -0.0912. The molecule has 0 spiro atoms. The molecule has 0 rings (SSSR count). The minimum absolute atomic E-state index is 0.0912. The summed E-state index contributed by atoms with van der Waals surface area (Å²) >= 11 is 0. The maximum absolute atomic E-state index is 11.1. The first-order chi connectivity index (χ1) is 5.37. The van der Waals surface area contributed by atoms with Gasteiger partial charge >= 0.3 is 0 Å².